The summed E-state index contributed by atoms with van der Waals surface area (Å²) in [7, 11) is 4.08. The van der Waals surface area contributed by atoms with Crippen molar-refractivity contribution < 1.29 is 4.79 Å². The number of aromatic amines is 1. The molecule has 1 aliphatic carbocycles. The number of carbonyl (C=O) groups is 1. The van der Waals surface area contributed by atoms with Crippen molar-refractivity contribution in [3.63, 3.8) is 0 Å². The molecular weight excluding hydrogens is 208 g/mol. The molecule has 16 heavy (non-hydrogen) atoms. The molecule has 1 aromatic rings. The molecule has 7 heteroatoms. The van der Waals surface area contributed by atoms with E-state index in [0.29, 0.717) is 6.54 Å². The summed E-state index contributed by atoms with van der Waals surface area (Å²) in [6.45, 7) is 0.632. The first-order chi connectivity index (χ1) is 7.64. The molecule has 0 saturated heterocycles. The zero-order valence-corrected chi connectivity index (χ0v) is 9.53. The summed E-state index contributed by atoms with van der Waals surface area (Å²) >= 11 is 0. The number of amides is 1. The predicted molar refractivity (Wildman–Crippen MR) is 56.8 cm³/mol. The summed E-state index contributed by atoms with van der Waals surface area (Å²) in [5.74, 6) is -0.185. The van der Waals surface area contributed by atoms with Crippen molar-refractivity contribution in [1.29, 1.82) is 0 Å². The van der Waals surface area contributed by atoms with E-state index >= 15 is 0 Å². The second-order valence-electron chi connectivity index (χ2n) is 4.39. The minimum absolute atomic E-state index is 0.0910. The normalized spacial score (nSPS) is 18.2. The van der Waals surface area contributed by atoms with Gasteiger partial charge in [-0.25, -0.2) is 0 Å². The smallest absolute Gasteiger partial charge is 0.292 e. The van der Waals surface area contributed by atoms with E-state index in [9.17, 15) is 4.79 Å². The zero-order valence-electron chi connectivity index (χ0n) is 9.53. The Morgan fingerprint density at radius 3 is 2.75 bits per heavy atom. The molecule has 1 aromatic heterocycles. The molecule has 1 aliphatic rings. The monoisotopic (exact) mass is 224 g/mol. The second kappa shape index (κ2) is 4.17. The van der Waals surface area contributed by atoms with Gasteiger partial charge in [0.15, 0.2) is 0 Å². The Labute approximate surface area is 93.6 Å². The average molecular weight is 224 g/mol. The Bertz CT molecular complexity index is 356. The van der Waals surface area contributed by atoms with Gasteiger partial charge in [-0.05, 0) is 38.6 Å². The fourth-order valence-corrected chi connectivity index (χ4v) is 1.95. The Morgan fingerprint density at radius 1 is 1.56 bits per heavy atom. The first-order valence-electron chi connectivity index (χ1n) is 5.33. The molecule has 0 aromatic carbocycles. The number of tetrazole rings is 1. The van der Waals surface area contributed by atoms with Crippen molar-refractivity contribution in [3.05, 3.63) is 5.82 Å². The lowest BCUT2D eigenvalue weighted by molar-refractivity contribution is 0.0554. The zero-order chi connectivity index (χ0) is 11.6. The summed E-state index contributed by atoms with van der Waals surface area (Å²) < 4.78 is 0. The number of nitrogens with one attached hydrogen (secondary N) is 2. The molecule has 0 bridgehead atoms. The summed E-state index contributed by atoms with van der Waals surface area (Å²) in [5.41, 5.74) is 0.111. The SMILES string of the molecule is CN(C)C1(CNC(=O)c2nn[nH]n2)CCC1. The van der Waals surface area contributed by atoms with Crippen LogP contribution in [0.25, 0.3) is 0 Å². The Hall–Kier alpha value is -1.50. The van der Waals surface area contributed by atoms with Crippen LogP contribution in [-0.2, 0) is 0 Å². The Kier molecular flexibility index (Phi) is 2.86. The third kappa shape index (κ3) is 1.90. The number of likely N-dealkylation sites (N-methyl/N-ethyl adjacent to an activating group) is 1. The number of aromatic nitrogens is 4. The molecule has 0 radical (unpaired) electrons. The van der Waals surface area contributed by atoms with Crippen molar-refractivity contribution in [3.8, 4) is 0 Å². The van der Waals surface area contributed by atoms with Gasteiger partial charge in [0.25, 0.3) is 11.7 Å². The largest absolute Gasteiger partial charge is 0.347 e. The molecule has 1 fully saturated rings. The van der Waals surface area contributed by atoms with Crippen LogP contribution in [0, 0.1) is 0 Å². The van der Waals surface area contributed by atoms with Crippen LogP contribution in [0.1, 0.15) is 29.9 Å². The minimum Gasteiger partial charge on any atom is -0.347 e. The number of hydrogen-bond acceptors (Lipinski definition) is 5. The molecule has 1 heterocycles. The van der Waals surface area contributed by atoms with Crippen LogP contribution in [0.5, 0.6) is 0 Å². The van der Waals surface area contributed by atoms with Crippen molar-refractivity contribution in [2.75, 3.05) is 20.6 Å². The molecular formula is C9H16N6O. The van der Waals surface area contributed by atoms with Crippen LogP contribution in [0.2, 0.25) is 0 Å². The fourth-order valence-electron chi connectivity index (χ4n) is 1.95. The first-order valence-corrected chi connectivity index (χ1v) is 5.33. The van der Waals surface area contributed by atoms with Crippen LogP contribution in [0.15, 0.2) is 0 Å². The van der Waals surface area contributed by atoms with Gasteiger partial charge in [-0.15, -0.1) is 10.2 Å². The van der Waals surface area contributed by atoms with Crippen LogP contribution >= 0.6 is 0 Å². The Balaban J connectivity index is 1.90. The topological polar surface area (TPSA) is 86.8 Å². The lowest BCUT2D eigenvalue weighted by Gasteiger charge is -2.47. The molecule has 1 saturated carbocycles. The molecule has 0 spiro atoms. The molecule has 1 amide bonds. The van der Waals surface area contributed by atoms with E-state index < -0.39 is 0 Å². The second-order valence-corrected chi connectivity index (χ2v) is 4.39. The van der Waals surface area contributed by atoms with Gasteiger partial charge in [-0.3, -0.25) is 4.79 Å². The molecule has 7 nitrogen and oxygen atoms in total. The number of carbonyl (C=O) groups excluding carboxylic acids is 1. The number of rotatable bonds is 4. The van der Waals surface area contributed by atoms with Gasteiger partial charge >= 0.3 is 0 Å². The quantitative estimate of drug-likeness (QED) is 0.714. The van der Waals surface area contributed by atoms with Crippen molar-refractivity contribution in [1.82, 2.24) is 30.8 Å². The summed E-state index contributed by atoms with van der Waals surface area (Å²) in [4.78, 5) is 13.8. The van der Waals surface area contributed by atoms with E-state index in [1.807, 2.05) is 14.1 Å². The highest BCUT2D eigenvalue weighted by Crippen LogP contribution is 2.35. The Morgan fingerprint density at radius 2 is 2.31 bits per heavy atom. The summed E-state index contributed by atoms with van der Waals surface area (Å²) in [6, 6.07) is 0. The highest BCUT2D eigenvalue weighted by Gasteiger charge is 2.39. The van der Waals surface area contributed by atoms with Crippen LogP contribution < -0.4 is 5.32 Å². The number of H-pyrrole nitrogens is 1. The molecule has 88 valence electrons. The maximum absolute atomic E-state index is 11.6. The van der Waals surface area contributed by atoms with E-state index in [4.69, 9.17) is 0 Å². The van der Waals surface area contributed by atoms with Crippen LogP contribution in [0.3, 0.4) is 0 Å². The fraction of sp³-hybridized carbons (Fsp3) is 0.778. The standard InChI is InChI=1S/C9H16N6O/c1-15(2)9(4-3-5-9)6-10-8(16)7-11-13-14-12-7/h3-6H2,1-2H3,(H,10,16)(H,11,12,13,14). The highest BCUT2D eigenvalue weighted by atomic mass is 16.2. The minimum atomic E-state index is -0.276. The third-order valence-electron chi connectivity index (χ3n) is 3.36. The predicted octanol–water partition coefficient (Wildman–Crippen LogP) is -0.586. The van der Waals surface area contributed by atoms with Crippen molar-refractivity contribution >= 4 is 5.91 Å². The lowest BCUT2D eigenvalue weighted by atomic mass is 9.75. The summed E-state index contributed by atoms with van der Waals surface area (Å²) in [6.07, 6.45) is 3.45. The molecule has 2 rings (SSSR count). The van der Waals surface area contributed by atoms with E-state index in [-0.39, 0.29) is 17.3 Å². The van der Waals surface area contributed by atoms with E-state index in [2.05, 4.69) is 30.8 Å². The van der Waals surface area contributed by atoms with Gasteiger partial charge in [0.2, 0.25) is 0 Å². The molecule has 0 unspecified atom stereocenters. The molecule has 0 atom stereocenters. The molecule has 2 N–H and O–H groups in total. The van der Waals surface area contributed by atoms with Crippen molar-refractivity contribution in [2.45, 2.75) is 24.8 Å². The van der Waals surface area contributed by atoms with E-state index in [0.717, 1.165) is 12.8 Å². The molecule has 0 aliphatic heterocycles. The van der Waals surface area contributed by atoms with Gasteiger partial charge in [0.05, 0.1) is 0 Å². The van der Waals surface area contributed by atoms with Crippen LogP contribution in [0.4, 0.5) is 0 Å². The van der Waals surface area contributed by atoms with Crippen molar-refractivity contribution in [2.24, 2.45) is 0 Å². The van der Waals surface area contributed by atoms with Gasteiger partial charge in [0, 0.05) is 12.1 Å². The maximum atomic E-state index is 11.6. The van der Waals surface area contributed by atoms with Gasteiger partial charge in [-0.2, -0.15) is 5.21 Å². The van der Waals surface area contributed by atoms with Gasteiger partial charge in [0.1, 0.15) is 0 Å². The first kappa shape index (κ1) is 11.0. The summed E-state index contributed by atoms with van der Waals surface area (Å²) in [5, 5.41) is 15.7. The van der Waals surface area contributed by atoms with Gasteiger partial charge in [-0.1, -0.05) is 0 Å². The third-order valence-corrected chi connectivity index (χ3v) is 3.36. The number of nitrogens with zero attached hydrogens (tertiary/aromatic N) is 4. The maximum Gasteiger partial charge on any atom is 0.292 e. The highest BCUT2D eigenvalue weighted by molar-refractivity contribution is 5.90. The number of hydrogen-bond donors (Lipinski definition) is 2. The van der Waals surface area contributed by atoms with Crippen LogP contribution in [-0.4, -0.2) is 57.6 Å². The lowest BCUT2D eigenvalue weighted by Crippen LogP contribution is -2.57. The van der Waals surface area contributed by atoms with E-state index in [1.54, 1.807) is 0 Å². The van der Waals surface area contributed by atoms with E-state index in [1.165, 1.54) is 6.42 Å². The van der Waals surface area contributed by atoms with Gasteiger partial charge < -0.3 is 10.2 Å². The average Bonchev–Trinajstić information content (AvgIpc) is 2.67.